The van der Waals surface area contributed by atoms with Gasteiger partial charge in [0.15, 0.2) is 0 Å². The van der Waals surface area contributed by atoms with Crippen LogP contribution < -0.4 is 10.5 Å². The van der Waals surface area contributed by atoms with Gasteiger partial charge in [-0.3, -0.25) is 14.9 Å². The van der Waals surface area contributed by atoms with E-state index in [-0.39, 0.29) is 5.91 Å². The lowest BCUT2D eigenvalue weighted by molar-refractivity contribution is -0.149. The second kappa shape index (κ2) is 13.2. The Morgan fingerprint density at radius 1 is 1.12 bits per heavy atom. The Hall–Kier alpha value is -2.43. The highest BCUT2D eigenvalue weighted by Gasteiger charge is 2.38. The molecule has 1 aromatic rings. The minimum atomic E-state index is -1.04. The summed E-state index contributed by atoms with van der Waals surface area (Å²) in [4.78, 5) is 38.0. The summed E-state index contributed by atoms with van der Waals surface area (Å²) in [5, 5.41) is 34.4. The van der Waals surface area contributed by atoms with Crippen LogP contribution in [0.25, 0.3) is 0 Å². The number of carbonyl (C=O) groups is 3. The third kappa shape index (κ3) is 8.25. The van der Waals surface area contributed by atoms with Gasteiger partial charge in [-0.15, -0.1) is 0 Å². The third-order valence-corrected chi connectivity index (χ3v) is 5.74. The fourth-order valence-electron chi connectivity index (χ4n) is 4.03. The van der Waals surface area contributed by atoms with Crippen LogP contribution in [-0.2, 0) is 20.8 Å². The first-order valence-corrected chi connectivity index (χ1v) is 11.3. The number of amides is 1. The number of unbranched alkanes of at least 4 members (excludes halogenated alkanes) is 1. The second-order valence-corrected chi connectivity index (χ2v) is 8.29. The Labute approximate surface area is 189 Å². The number of benzene rings is 1. The summed E-state index contributed by atoms with van der Waals surface area (Å²) < 4.78 is 0. The van der Waals surface area contributed by atoms with E-state index in [0.717, 1.165) is 5.56 Å². The van der Waals surface area contributed by atoms with E-state index in [0.29, 0.717) is 58.0 Å². The van der Waals surface area contributed by atoms with Gasteiger partial charge in [-0.2, -0.15) is 0 Å². The van der Waals surface area contributed by atoms with E-state index in [1.165, 1.54) is 4.90 Å². The zero-order valence-electron chi connectivity index (χ0n) is 18.6. The van der Waals surface area contributed by atoms with E-state index >= 15 is 0 Å². The second-order valence-electron chi connectivity index (χ2n) is 8.29. The normalized spacial score (nSPS) is 17.7. The maximum atomic E-state index is 13.2. The molecular weight excluding hydrogens is 413 g/mol. The molecule has 1 amide bonds. The molecule has 1 aliphatic rings. The van der Waals surface area contributed by atoms with Crippen LogP contribution >= 0.6 is 0 Å². The molecule has 3 unspecified atom stereocenters. The topological polar surface area (TPSA) is 139 Å². The molecule has 10 heteroatoms. The van der Waals surface area contributed by atoms with Crippen molar-refractivity contribution in [3.05, 3.63) is 35.9 Å². The lowest BCUT2D eigenvalue weighted by Gasteiger charge is -2.29. The summed E-state index contributed by atoms with van der Waals surface area (Å²) in [6, 6.07) is 6.97. The number of carbonyl (C=O) groups excluding carboxylic acids is 1. The predicted octanol–water partition coefficient (Wildman–Crippen LogP) is 0.976. The number of nitrogens with one attached hydrogen (secondary N) is 2. The van der Waals surface area contributed by atoms with Crippen molar-refractivity contribution in [2.45, 2.75) is 69.9 Å². The molecule has 0 radical (unpaired) electrons. The van der Waals surface area contributed by atoms with Crippen LogP contribution in [0.4, 0.5) is 0 Å². The third-order valence-electron chi connectivity index (χ3n) is 5.74. The van der Waals surface area contributed by atoms with Gasteiger partial charge in [0.2, 0.25) is 5.91 Å². The van der Waals surface area contributed by atoms with Gasteiger partial charge in [0.05, 0.1) is 6.04 Å². The van der Waals surface area contributed by atoms with Gasteiger partial charge in [-0.25, -0.2) is 4.79 Å². The van der Waals surface area contributed by atoms with Crippen molar-refractivity contribution in [1.29, 1.82) is 0 Å². The molecule has 3 atom stereocenters. The van der Waals surface area contributed by atoms with E-state index in [1.54, 1.807) is 6.82 Å². The summed E-state index contributed by atoms with van der Waals surface area (Å²) in [5.74, 6) is -2.43. The molecule has 5 N–H and O–H groups in total. The molecule has 32 heavy (non-hydrogen) atoms. The molecular formula is C22H34BN3O6. The van der Waals surface area contributed by atoms with Crippen molar-refractivity contribution < 1.29 is 29.6 Å². The zero-order valence-corrected chi connectivity index (χ0v) is 18.6. The van der Waals surface area contributed by atoms with Crippen LogP contribution in [0.1, 0.15) is 44.1 Å². The van der Waals surface area contributed by atoms with E-state index < -0.39 is 37.1 Å². The number of hydrogen-bond acceptors (Lipinski definition) is 6. The summed E-state index contributed by atoms with van der Waals surface area (Å²) in [6.07, 6.45) is 3.59. The molecule has 0 aromatic heterocycles. The van der Waals surface area contributed by atoms with E-state index in [4.69, 9.17) is 0 Å². The molecule has 1 fully saturated rings. The van der Waals surface area contributed by atoms with E-state index in [1.807, 2.05) is 30.3 Å². The van der Waals surface area contributed by atoms with Crippen molar-refractivity contribution in [1.82, 2.24) is 15.4 Å². The highest BCUT2D eigenvalue weighted by Crippen LogP contribution is 2.20. The van der Waals surface area contributed by atoms with Crippen molar-refractivity contribution >= 4 is 24.9 Å². The molecule has 0 aliphatic carbocycles. The number of aliphatic carboxylic acids is 2. The Morgan fingerprint density at radius 3 is 2.47 bits per heavy atom. The van der Waals surface area contributed by atoms with Crippen LogP contribution in [0.15, 0.2) is 30.3 Å². The lowest BCUT2D eigenvalue weighted by atomic mass is 9.89. The average molecular weight is 447 g/mol. The molecule has 1 heterocycles. The molecule has 0 saturated carbocycles. The standard InChI is InChI=1S/C22H34BN3O6/c1-23(32)24-14-6-5-10-17(20(27)26-15-7-11-19(26)22(30)31)25-18(21(28)29)13-12-16-8-3-2-4-9-16/h2-4,8-9,17-19,24-25,32H,5-7,10-15H2,1H3,(H,28,29)(H,30,31). The van der Waals surface area contributed by atoms with Gasteiger partial charge in [-0.1, -0.05) is 36.8 Å². The Kier molecular flexibility index (Phi) is 10.7. The van der Waals surface area contributed by atoms with E-state index in [2.05, 4.69) is 10.5 Å². The number of likely N-dealkylation sites (tertiary alicyclic amines) is 1. The van der Waals surface area contributed by atoms with Crippen molar-refractivity contribution in [3.8, 4) is 0 Å². The largest absolute Gasteiger partial charge is 0.480 e. The number of carboxylic acid groups (broad SMARTS) is 2. The van der Waals surface area contributed by atoms with E-state index in [9.17, 15) is 29.6 Å². The quantitative estimate of drug-likeness (QED) is 0.210. The smallest absolute Gasteiger partial charge is 0.373 e. The fraction of sp³-hybridized carbons (Fsp3) is 0.591. The van der Waals surface area contributed by atoms with Gasteiger partial charge in [0.1, 0.15) is 12.1 Å². The molecule has 1 aromatic carbocycles. The Bertz CT molecular complexity index is 748. The van der Waals surface area contributed by atoms with Crippen LogP contribution in [0.2, 0.25) is 6.82 Å². The molecule has 2 rings (SSSR count). The van der Waals surface area contributed by atoms with Gasteiger partial charge in [0, 0.05) is 6.54 Å². The Morgan fingerprint density at radius 2 is 1.84 bits per heavy atom. The minimum absolute atomic E-state index is 0.315. The van der Waals surface area contributed by atoms with Crippen LogP contribution in [0.3, 0.4) is 0 Å². The molecule has 1 saturated heterocycles. The fourth-order valence-corrected chi connectivity index (χ4v) is 4.03. The van der Waals surface area contributed by atoms with Gasteiger partial charge in [-0.05, 0) is 57.5 Å². The minimum Gasteiger partial charge on any atom is -0.480 e. The highest BCUT2D eigenvalue weighted by molar-refractivity contribution is 6.45. The molecule has 0 spiro atoms. The maximum Gasteiger partial charge on any atom is 0.373 e. The van der Waals surface area contributed by atoms with Crippen molar-refractivity contribution in [2.75, 3.05) is 13.1 Å². The van der Waals surface area contributed by atoms with Gasteiger partial charge < -0.3 is 25.4 Å². The predicted molar refractivity (Wildman–Crippen MR) is 121 cm³/mol. The molecule has 1 aliphatic heterocycles. The van der Waals surface area contributed by atoms with Crippen LogP contribution in [0.5, 0.6) is 0 Å². The number of carboxylic acids is 2. The van der Waals surface area contributed by atoms with Crippen molar-refractivity contribution in [3.63, 3.8) is 0 Å². The first-order chi connectivity index (χ1) is 15.3. The SMILES string of the molecule is CB(O)NCCCCC(NC(CCc1ccccc1)C(=O)O)C(=O)N1CCCC1C(=O)O. The monoisotopic (exact) mass is 447 g/mol. The summed E-state index contributed by atoms with van der Waals surface area (Å²) in [5.41, 5.74) is 1.01. The number of nitrogens with zero attached hydrogens (tertiary/aromatic N) is 1. The Balaban J connectivity index is 2.05. The zero-order chi connectivity index (χ0) is 23.5. The summed E-state index contributed by atoms with van der Waals surface area (Å²) in [7, 11) is -0.624. The first kappa shape index (κ1) is 25.8. The average Bonchev–Trinajstić information content (AvgIpc) is 3.25. The maximum absolute atomic E-state index is 13.2. The number of hydrogen-bond donors (Lipinski definition) is 5. The van der Waals surface area contributed by atoms with Gasteiger partial charge in [0.25, 0.3) is 0 Å². The molecule has 176 valence electrons. The summed E-state index contributed by atoms with van der Waals surface area (Å²) >= 11 is 0. The van der Waals surface area contributed by atoms with Gasteiger partial charge >= 0.3 is 19.0 Å². The molecule has 0 bridgehead atoms. The summed E-state index contributed by atoms with van der Waals surface area (Å²) in [6.45, 7) is 2.55. The van der Waals surface area contributed by atoms with Crippen LogP contribution in [0, 0.1) is 0 Å². The lowest BCUT2D eigenvalue weighted by Crippen LogP contribution is -2.54. The number of aryl methyl sites for hydroxylation is 1. The number of rotatable bonds is 14. The van der Waals surface area contributed by atoms with Crippen molar-refractivity contribution in [2.24, 2.45) is 0 Å². The first-order valence-electron chi connectivity index (χ1n) is 11.3. The molecule has 9 nitrogen and oxygen atoms in total. The highest BCUT2D eigenvalue weighted by atomic mass is 16.4. The van der Waals surface area contributed by atoms with Crippen LogP contribution in [-0.4, -0.2) is 76.2 Å².